The molecule has 0 aliphatic carbocycles. The summed E-state index contributed by atoms with van der Waals surface area (Å²) in [7, 11) is -4.27. The van der Waals surface area contributed by atoms with Crippen molar-refractivity contribution in [2.24, 2.45) is 0 Å². The summed E-state index contributed by atoms with van der Waals surface area (Å²) < 4.78 is 54.2. The monoisotopic (exact) mass is 350 g/mol. The lowest BCUT2D eigenvalue weighted by atomic mass is 10.0. The number of hydrogen-bond acceptors (Lipinski definition) is 4. The topological polar surface area (TPSA) is 79.0 Å². The Labute approximate surface area is 136 Å². The minimum Gasteiger partial charge on any atom is -0.261 e. The number of aromatic amines is 1. The zero-order chi connectivity index (χ0) is 16.9. The number of pyridine rings is 1. The Morgan fingerprint density at radius 3 is 2.67 bits per heavy atom. The molecule has 124 valence electrons. The van der Waals surface area contributed by atoms with Crippen LogP contribution in [0.25, 0.3) is 11.0 Å². The third-order valence-electron chi connectivity index (χ3n) is 4.16. The summed E-state index contributed by atoms with van der Waals surface area (Å²) in [6.07, 6.45) is 3.63. The number of H-pyrrole nitrogens is 1. The lowest BCUT2D eigenvalue weighted by molar-refractivity contribution is 0.384. The van der Waals surface area contributed by atoms with Crippen molar-refractivity contribution in [3.63, 3.8) is 0 Å². The molecule has 0 radical (unpaired) electrons. The molecule has 0 fully saturated rings. The molecule has 1 aliphatic heterocycles. The molecular formula is C15H12F2N4O2S. The first-order valence-corrected chi connectivity index (χ1v) is 8.66. The summed E-state index contributed by atoms with van der Waals surface area (Å²) in [5, 5.41) is 7.52. The van der Waals surface area contributed by atoms with Crippen molar-refractivity contribution in [1.82, 2.24) is 19.5 Å². The summed E-state index contributed by atoms with van der Waals surface area (Å²) >= 11 is 0. The highest BCUT2D eigenvalue weighted by atomic mass is 32.2. The number of sulfonamides is 1. The second-order valence-electron chi connectivity index (χ2n) is 5.53. The molecule has 3 heterocycles. The largest absolute Gasteiger partial charge is 0.261 e. The molecule has 1 N–H and O–H groups in total. The molecule has 0 atom stereocenters. The first kappa shape index (κ1) is 15.2. The van der Waals surface area contributed by atoms with E-state index in [2.05, 4.69) is 15.2 Å². The minimum absolute atomic E-state index is 0.0135. The van der Waals surface area contributed by atoms with E-state index in [0.29, 0.717) is 17.6 Å². The van der Waals surface area contributed by atoms with Gasteiger partial charge in [0.2, 0.25) is 10.0 Å². The molecule has 1 aliphatic rings. The van der Waals surface area contributed by atoms with Gasteiger partial charge in [-0.2, -0.15) is 9.40 Å². The number of rotatable bonds is 2. The Kier molecular flexibility index (Phi) is 3.36. The van der Waals surface area contributed by atoms with Gasteiger partial charge in [0.25, 0.3) is 0 Å². The van der Waals surface area contributed by atoms with Gasteiger partial charge >= 0.3 is 0 Å². The van der Waals surface area contributed by atoms with Crippen molar-refractivity contribution in [1.29, 1.82) is 0 Å². The lowest BCUT2D eigenvalue weighted by Gasteiger charge is -2.28. The van der Waals surface area contributed by atoms with Gasteiger partial charge in [-0.05, 0) is 29.7 Å². The van der Waals surface area contributed by atoms with Crippen LogP contribution in [0.15, 0.2) is 35.5 Å². The van der Waals surface area contributed by atoms with Gasteiger partial charge < -0.3 is 0 Å². The molecule has 24 heavy (non-hydrogen) atoms. The average Bonchev–Trinajstić information content (AvgIpc) is 3.03. The standard InChI is InChI=1S/C15H12F2N4O2S/c16-12-2-1-3-13(17)14(12)24(22,23)21-5-4-10-9(8-21)6-18-15-11(10)7-19-20-15/h1-3,6-7H,4-5,8H2,(H,18,19,20). The van der Waals surface area contributed by atoms with Crippen LogP contribution < -0.4 is 0 Å². The van der Waals surface area contributed by atoms with Crippen LogP contribution in [0.2, 0.25) is 0 Å². The highest BCUT2D eigenvalue weighted by Crippen LogP contribution is 2.30. The van der Waals surface area contributed by atoms with Crippen molar-refractivity contribution < 1.29 is 17.2 Å². The predicted octanol–water partition coefficient (Wildman–Crippen LogP) is 1.98. The molecule has 4 rings (SSSR count). The van der Waals surface area contributed by atoms with Gasteiger partial charge in [-0.3, -0.25) is 5.10 Å². The zero-order valence-electron chi connectivity index (χ0n) is 12.3. The summed E-state index contributed by atoms with van der Waals surface area (Å²) in [5.74, 6) is -2.19. The molecule has 2 aromatic heterocycles. The van der Waals surface area contributed by atoms with Gasteiger partial charge in [-0.25, -0.2) is 22.2 Å². The van der Waals surface area contributed by atoms with E-state index in [4.69, 9.17) is 0 Å². The maximum Gasteiger partial charge on any atom is 0.249 e. The second kappa shape index (κ2) is 5.32. The SMILES string of the molecule is O=S(=O)(c1c(F)cccc1F)N1CCc2c(cnc3[nH]ncc23)C1. The van der Waals surface area contributed by atoms with Crippen molar-refractivity contribution in [2.75, 3.05) is 6.54 Å². The van der Waals surface area contributed by atoms with E-state index >= 15 is 0 Å². The fraction of sp³-hybridized carbons (Fsp3) is 0.200. The van der Waals surface area contributed by atoms with E-state index in [0.717, 1.165) is 33.5 Å². The number of hydrogen-bond donors (Lipinski definition) is 1. The Morgan fingerprint density at radius 2 is 1.92 bits per heavy atom. The van der Waals surface area contributed by atoms with Crippen LogP contribution >= 0.6 is 0 Å². The number of fused-ring (bicyclic) bond motifs is 3. The molecular weight excluding hydrogens is 338 g/mol. The first-order chi connectivity index (χ1) is 11.5. The van der Waals surface area contributed by atoms with Gasteiger partial charge in [-0.1, -0.05) is 6.07 Å². The molecule has 0 unspecified atom stereocenters. The maximum absolute atomic E-state index is 13.9. The number of aromatic nitrogens is 3. The van der Waals surface area contributed by atoms with Crippen molar-refractivity contribution in [2.45, 2.75) is 17.9 Å². The summed E-state index contributed by atoms with van der Waals surface area (Å²) in [5.41, 5.74) is 2.29. The predicted molar refractivity (Wildman–Crippen MR) is 81.5 cm³/mol. The van der Waals surface area contributed by atoms with Gasteiger partial charge in [0.1, 0.15) is 11.6 Å². The van der Waals surface area contributed by atoms with Gasteiger partial charge in [-0.15, -0.1) is 0 Å². The molecule has 9 heteroatoms. The summed E-state index contributed by atoms with van der Waals surface area (Å²) in [6, 6.07) is 3.00. The fourth-order valence-corrected chi connectivity index (χ4v) is 4.52. The molecule has 0 bridgehead atoms. The smallest absolute Gasteiger partial charge is 0.249 e. The number of benzene rings is 1. The molecule has 0 amide bonds. The van der Waals surface area contributed by atoms with Crippen LogP contribution in [-0.4, -0.2) is 34.4 Å². The van der Waals surface area contributed by atoms with Crippen LogP contribution in [0.1, 0.15) is 11.1 Å². The third kappa shape index (κ3) is 2.20. The molecule has 0 saturated heterocycles. The first-order valence-electron chi connectivity index (χ1n) is 7.22. The number of halogens is 2. The van der Waals surface area contributed by atoms with Crippen molar-refractivity contribution in [3.8, 4) is 0 Å². The van der Waals surface area contributed by atoms with Crippen LogP contribution in [-0.2, 0) is 23.0 Å². The second-order valence-corrected chi connectivity index (χ2v) is 7.41. The van der Waals surface area contributed by atoms with E-state index in [1.165, 1.54) is 0 Å². The Hall–Kier alpha value is -2.39. The summed E-state index contributed by atoms with van der Waals surface area (Å²) in [4.78, 5) is 3.28. The maximum atomic E-state index is 13.9. The number of nitrogens with zero attached hydrogens (tertiary/aromatic N) is 3. The molecule has 3 aromatic rings. The Morgan fingerprint density at radius 1 is 1.17 bits per heavy atom. The molecule has 1 aromatic carbocycles. The third-order valence-corrected chi connectivity index (χ3v) is 6.05. The normalized spacial score (nSPS) is 15.6. The van der Waals surface area contributed by atoms with E-state index in [-0.39, 0.29) is 13.1 Å². The lowest BCUT2D eigenvalue weighted by Crippen LogP contribution is -2.37. The van der Waals surface area contributed by atoms with Crippen LogP contribution in [0.5, 0.6) is 0 Å². The molecule has 0 saturated carbocycles. The van der Waals surface area contributed by atoms with Gasteiger partial charge in [0.15, 0.2) is 10.5 Å². The Balaban J connectivity index is 1.76. The molecule has 0 spiro atoms. The van der Waals surface area contributed by atoms with Crippen LogP contribution in [0.4, 0.5) is 8.78 Å². The van der Waals surface area contributed by atoms with Crippen LogP contribution in [0.3, 0.4) is 0 Å². The molecule has 6 nitrogen and oxygen atoms in total. The summed E-state index contributed by atoms with van der Waals surface area (Å²) in [6.45, 7) is 0.146. The van der Waals surface area contributed by atoms with Crippen molar-refractivity contribution in [3.05, 3.63) is 53.4 Å². The highest BCUT2D eigenvalue weighted by molar-refractivity contribution is 7.89. The van der Waals surface area contributed by atoms with E-state index < -0.39 is 26.6 Å². The van der Waals surface area contributed by atoms with Gasteiger partial charge in [0, 0.05) is 24.7 Å². The zero-order valence-corrected chi connectivity index (χ0v) is 13.1. The number of nitrogens with one attached hydrogen (secondary N) is 1. The highest BCUT2D eigenvalue weighted by Gasteiger charge is 2.33. The fourth-order valence-electron chi connectivity index (χ4n) is 2.99. The van der Waals surface area contributed by atoms with E-state index in [1.54, 1.807) is 12.4 Å². The van der Waals surface area contributed by atoms with Crippen LogP contribution in [0, 0.1) is 11.6 Å². The average molecular weight is 350 g/mol. The minimum atomic E-state index is -4.27. The quantitative estimate of drug-likeness (QED) is 0.767. The van der Waals surface area contributed by atoms with Gasteiger partial charge in [0.05, 0.1) is 6.20 Å². The Bertz CT molecular complexity index is 1030. The van der Waals surface area contributed by atoms with E-state index in [1.807, 2.05) is 0 Å². The van der Waals surface area contributed by atoms with E-state index in [9.17, 15) is 17.2 Å². The van der Waals surface area contributed by atoms with Crippen molar-refractivity contribution >= 4 is 21.1 Å².